The van der Waals surface area contributed by atoms with Crippen LogP contribution in [0.5, 0.6) is 0 Å². The molecule has 7 heteroatoms. The fourth-order valence-electron chi connectivity index (χ4n) is 1.90. The van der Waals surface area contributed by atoms with E-state index in [0.717, 1.165) is 12.8 Å². The summed E-state index contributed by atoms with van der Waals surface area (Å²) in [6.45, 7) is 12.4. The Labute approximate surface area is 151 Å². The van der Waals surface area contributed by atoms with Gasteiger partial charge in [-0.2, -0.15) is 5.26 Å². The summed E-state index contributed by atoms with van der Waals surface area (Å²) in [6, 6.07) is 2.08. The number of rotatable bonds is 8. The minimum atomic E-state index is -0.553. The molecule has 0 radical (unpaired) electrons. The second kappa shape index (κ2) is 10.8. The first-order chi connectivity index (χ1) is 11.4. The third kappa shape index (κ3) is 14.1. The molecule has 0 fully saturated rings. The van der Waals surface area contributed by atoms with Crippen LogP contribution in [0.2, 0.25) is 0 Å². The molecule has 0 bridgehead atoms. The van der Waals surface area contributed by atoms with Crippen LogP contribution >= 0.6 is 0 Å². The van der Waals surface area contributed by atoms with Gasteiger partial charge in [0.25, 0.3) is 0 Å². The standard InChI is InChI=1S/C18H33N3O4/c1-17(2,3)24-15(22)20-12-8-10-14-21(13-9-7-11-19)16(23)25-18(4,5)6/h7-10,12-14H2,1-6H3,(H,20,22). The molecule has 0 aromatic heterocycles. The number of carbonyl (C=O) groups excluding carboxylic acids is 2. The maximum Gasteiger partial charge on any atom is 0.410 e. The van der Waals surface area contributed by atoms with Gasteiger partial charge in [-0.1, -0.05) is 0 Å². The molecule has 0 unspecified atom stereocenters. The molecule has 0 aliphatic carbocycles. The first-order valence-corrected chi connectivity index (χ1v) is 8.76. The molecule has 0 saturated heterocycles. The van der Waals surface area contributed by atoms with Crippen LogP contribution < -0.4 is 5.32 Å². The van der Waals surface area contributed by atoms with E-state index in [1.54, 1.807) is 4.90 Å². The Morgan fingerprint density at radius 3 is 2.04 bits per heavy atom. The van der Waals surface area contributed by atoms with Crippen molar-refractivity contribution in [3.05, 3.63) is 0 Å². The molecular formula is C18H33N3O4. The quantitative estimate of drug-likeness (QED) is 0.668. The zero-order valence-electron chi connectivity index (χ0n) is 16.5. The minimum absolute atomic E-state index is 0.370. The van der Waals surface area contributed by atoms with Crippen LogP contribution in [0.15, 0.2) is 0 Å². The van der Waals surface area contributed by atoms with E-state index in [2.05, 4.69) is 11.4 Å². The number of nitrogens with one attached hydrogen (secondary N) is 1. The van der Waals surface area contributed by atoms with Gasteiger partial charge in [0.05, 0.1) is 6.07 Å². The molecule has 0 aliphatic heterocycles. The Kier molecular flexibility index (Phi) is 9.95. The van der Waals surface area contributed by atoms with Gasteiger partial charge in [-0.3, -0.25) is 0 Å². The van der Waals surface area contributed by atoms with Crippen LogP contribution in [-0.4, -0.2) is 47.9 Å². The van der Waals surface area contributed by atoms with Gasteiger partial charge in [0.2, 0.25) is 0 Å². The highest BCUT2D eigenvalue weighted by molar-refractivity contribution is 5.68. The molecule has 0 aliphatic rings. The third-order valence-corrected chi connectivity index (χ3v) is 2.89. The van der Waals surface area contributed by atoms with E-state index in [9.17, 15) is 9.59 Å². The van der Waals surface area contributed by atoms with E-state index in [-0.39, 0.29) is 6.09 Å². The first-order valence-electron chi connectivity index (χ1n) is 8.76. The molecule has 0 aromatic rings. The summed E-state index contributed by atoms with van der Waals surface area (Å²) in [5, 5.41) is 11.3. The number of alkyl carbamates (subject to hydrolysis) is 1. The minimum Gasteiger partial charge on any atom is -0.444 e. The summed E-state index contributed by atoms with van der Waals surface area (Å²) in [5.74, 6) is 0. The van der Waals surface area contributed by atoms with Crippen molar-refractivity contribution in [3.63, 3.8) is 0 Å². The van der Waals surface area contributed by atoms with Crippen molar-refractivity contribution in [2.75, 3.05) is 19.6 Å². The van der Waals surface area contributed by atoms with E-state index in [1.807, 2.05) is 41.5 Å². The van der Waals surface area contributed by atoms with Gasteiger partial charge in [0, 0.05) is 26.1 Å². The maximum absolute atomic E-state index is 12.2. The molecule has 7 nitrogen and oxygen atoms in total. The fraction of sp³-hybridized carbons (Fsp3) is 0.833. The van der Waals surface area contributed by atoms with Crippen LogP contribution in [0, 0.1) is 11.3 Å². The van der Waals surface area contributed by atoms with Crippen LogP contribution in [0.4, 0.5) is 9.59 Å². The topological polar surface area (TPSA) is 91.7 Å². The lowest BCUT2D eigenvalue weighted by Gasteiger charge is -2.27. The maximum atomic E-state index is 12.2. The number of ether oxygens (including phenoxy) is 2. The van der Waals surface area contributed by atoms with E-state index >= 15 is 0 Å². The second-order valence-electron chi connectivity index (χ2n) is 7.86. The lowest BCUT2D eigenvalue weighted by Crippen LogP contribution is -2.38. The normalized spacial score (nSPS) is 11.4. The highest BCUT2D eigenvalue weighted by atomic mass is 16.6. The van der Waals surface area contributed by atoms with Crippen LogP contribution in [0.25, 0.3) is 0 Å². The predicted octanol–water partition coefficient (Wildman–Crippen LogP) is 3.83. The van der Waals surface area contributed by atoms with Gasteiger partial charge in [-0.05, 0) is 60.8 Å². The molecule has 0 rings (SSSR count). The highest BCUT2D eigenvalue weighted by Crippen LogP contribution is 2.11. The monoisotopic (exact) mass is 355 g/mol. The Morgan fingerprint density at radius 2 is 1.52 bits per heavy atom. The summed E-state index contributed by atoms with van der Waals surface area (Å²) >= 11 is 0. The van der Waals surface area contributed by atoms with Crippen molar-refractivity contribution >= 4 is 12.2 Å². The van der Waals surface area contributed by atoms with Gasteiger partial charge in [-0.25, -0.2) is 9.59 Å². The number of carbonyl (C=O) groups is 2. The smallest absolute Gasteiger partial charge is 0.410 e. The van der Waals surface area contributed by atoms with Gasteiger partial charge in [0.1, 0.15) is 11.2 Å². The van der Waals surface area contributed by atoms with E-state index in [4.69, 9.17) is 14.7 Å². The van der Waals surface area contributed by atoms with Gasteiger partial charge in [-0.15, -0.1) is 0 Å². The summed E-state index contributed by atoms with van der Waals surface area (Å²) in [6.07, 6.45) is 1.65. The van der Waals surface area contributed by atoms with E-state index in [0.29, 0.717) is 32.5 Å². The van der Waals surface area contributed by atoms with Crippen molar-refractivity contribution in [2.24, 2.45) is 0 Å². The summed E-state index contributed by atoms with van der Waals surface area (Å²) in [7, 11) is 0. The van der Waals surface area contributed by atoms with Gasteiger partial charge < -0.3 is 19.7 Å². The zero-order chi connectivity index (χ0) is 19.5. The average Bonchev–Trinajstić information content (AvgIpc) is 2.41. The molecule has 2 amide bonds. The van der Waals surface area contributed by atoms with Crippen LogP contribution in [0.3, 0.4) is 0 Å². The third-order valence-electron chi connectivity index (χ3n) is 2.89. The van der Waals surface area contributed by atoms with Crippen molar-refractivity contribution in [1.82, 2.24) is 10.2 Å². The first kappa shape index (κ1) is 23.0. The molecule has 0 saturated carbocycles. The molecule has 1 N–H and O–H groups in total. The average molecular weight is 355 g/mol. The van der Waals surface area contributed by atoms with Crippen molar-refractivity contribution in [1.29, 1.82) is 5.26 Å². The summed E-state index contributed by atoms with van der Waals surface area (Å²) in [5.41, 5.74) is -1.07. The lowest BCUT2D eigenvalue weighted by molar-refractivity contribution is 0.0243. The lowest BCUT2D eigenvalue weighted by atomic mass is 10.2. The van der Waals surface area contributed by atoms with Crippen LogP contribution in [-0.2, 0) is 9.47 Å². The van der Waals surface area contributed by atoms with Crippen molar-refractivity contribution < 1.29 is 19.1 Å². The number of nitriles is 1. The largest absolute Gasteiger partial charge is 0.444 e. The van der Waals surface area contributed by atoms with E-state index < -0.39 is 17.3 Å². The zero-order valence-corrected chi connectivity index (χ0v) is 16.5. The molecule has 0 aromatic carbocycles. The molecule has 0 spiro atoms. The Morgan fingerprint density at radius 1 is 0.960 bits per heavy atom. The molecule has 25 heavy (non-hydrogen) atoms. The second-order valence-corrected chi connectivity index (χ2v) is 7.86. The summed E-state index contributed by atoms with van der Waals surface area (Å²) < 4.78 is 10.6. The Hall–Kier alpha value is -1.97. The number of amides is 2. The number of unbranched alkanes of at least 4 members (excludes halogenated alkanes) is 2. The number of hydrogen-bond donors (Lipinski definition) is 1. The summed E-state index contributed by atoms with van der Waals surface area (Å²) in [4.78, 5) is 25.4. The Bertz CT molecular complexity index is 458. The number of hydrogen-bond acceptors (Lipinski definition) is 5. The van der Waals surface area contributed by atoms with E-state index in [1.165, 1.54) is 0 Å². The molecule has 0 atom stereocenters. The van der Waals surface area contributed by atoms with Gasteiger partial charge >= 0.3 is 12.2 Å². The molecule has 144 valence electrons. The molecule has 0 heterocycles. The van der Waals surface area contributed by atoms with Crippen LogP contribution in [0.1, 0.15) is 67.2 Å². The molecular weight excluding hydrogens is 322 g/mol. The SMILES string of the molecule is CC(C)(C)OC(=O)NCCCCN(CCCC#N)C(=O)OC(C)(C)C. The predicted molar refractivity (Wildman–Crippen MR) is 96.1 cm³/mol. The Balaban J connectivity index is 4.23. The fourth-order valence-corrected chi connectivity index (χ4v) is 1.90. The van der Waals surface area contributed by atoms with Crippen molar-refractivity contribution in [3.8, 4) is 6.07 Å². The number of nitrogens with zero attached hydrogens (tertiary/aromatic N) is 2. The highest BCUT2D eigenvalue weighted by Gasteiger charge is 2.21. The van der Waals surface area contributed by atoms with Crippen molar-refractivity contribution in [2.45, 2.75) is 78.4 Å². The van der Waals surface area contributed by atoms with Gasteiger partial charge in [0.15, 0.2) is 0 Å².